The molecule has 3 rings (SSSR count). The molecule has 2 aromatic rings. The molecule has 1 saturated carbocycles. The van der Waals surface area contributed by atoms with Crippen LogP contribution in [0.2, 0.25) is 0 Å². The van der Waals surface area contributed by atoms with E-state index in [2.05, 4.69) is 16.7 Å². The molecule has 0 aliphatic heterocycles. The van der Waals surface area contributed by atoms with Gasteiger partial charge in [0.25, 0.3) is 5.91 Å². The highest BCUT2D eigenvalue weighted by Gasteiger charge is 2.28. The first-order chi connectivity index (χ1) is 11.2. The van der Waals surface area contributed by atoms with Gasteiger partial charge in [0.1, 0.15) is 0 Å². The fourth-order valence-electron chi connectivity index (χ4n) is 3.06. The molecular weight excluding hydrogens is 312 g/mol. The van der Waals surface area contributed by atoms with Crippen molar-refractivity contribution in [1.82, 2.24) is 10.6 Å². The van der Waals surface area contributed by atoms with E-state index in [-0.39, 0.29) is 30.2 Å². The summed E-state index contributed by atoms with van der Waals surface area (Å²) >= 11 is 1.67. The van der Waals surface area contributed by atoms with Crippen molar-refractivity contribution in [3.8, 4) is 0 Å². The minimum Gasteiger partial charge on any atom is -0.459 e. The summed E-state index contributed by atoms with van der Waals surface area (Å²) in [5, 5.41) is 7.70. The predicted octanol–water partition coefficient (Wildman–Crippen LogP) is 3.12. The highest BCUT2D eigenvalue weighted by molar-refractivity contribution is 7.10. The smallest absolute Gasteiger partial charge is 0.287 e. The van der Waals surface area contributed by atoms with Gasteiger partial charge in [-0.15, -0.1) is 11.3 Å². The van der Waals surface area contributed by atoms with E-state index in [9.17, 15) is 9.59 Å². The fourth-order valence-corrected chi connectivity index (χ4v) is 3.93. The first-order valence-corrected chi connectivity index (χ1v) is 8.76. The maximum Gasteiger partial charge on any atom is 0.287 e. The first-order valence-electron chi connectivity index (χ1n) is 7.88. The molecule has 0 aromatic carbocycles. The number of amides is 2. The maximum absolute atomic E-state index is 12.2. The predicted molar refractivity (Wildman–Crippen MR) is 88.2 cm³/mol. The van der Waals surface area contributed by atoms with Crippen molar-refractivity contribution in [2.75, 3.05) is 6.54 Å². The highest BCUT2D eigenvalue weighted by Crippen LogP contribution is 2.37. The third-order valence-corrected chi connectivity index (χ3v) is 5.15. The highest BCUT2D eigenvalue weighted by atomic mass is 32.1. The molecule has 5 nitrogen and oxygen atoms in total. The average Bonchev–Trinajstić information content (AvgIpc) is 3.33. The molecule has 6 heteroatoms. The van der Waals surface area contributed by atoms with E-state index < -0.39 is 0 Å². The second kappa shape index (κ2) is 7.46. The maximum atomic E-state index is 12.2. The van der Waals surface area contributed by atoms with E-state index in [1.807, 2.05) is 11.4 Å². The molecule has 1 atom stereocenters. The van der Waals surface area contributed by atoms with Gasteiger partial charge in [0, 0.05) is 4.88 Å². The van der Waals surface area contributed by atoms with Gasteiger partial charge >= 0.3 is 0 Å². The van der Waals surface area contributed by atoms with Crippen molar-refractivity contribution < 1.29 is 14.0 Å². The summed E-state index contributed by atoms with van der Waals surface area (Å²) in [5.74, 6) is 0.149. The van der Waals surface area contributed by atoms with Crippen LogP contribution in [0.25, 0.3) is 0 Å². The molecule has 0 spiro atoms. The Labute approximate surface area is 139 Å². The SMILES string of the molecule is O=C(CNC(=O)c1ccco1)NC(c1cccs1)C1CCCC1. The van der Waals surface area contributed by atoms with E-state index in [1.165, 1.54) is 24.0 Å². The number of nitrogens with one attached hydrogen (secondary N) is 2. The monoisotopic (exact) mass is 332 g/mol. The first kappa shape index (κ1) is 15.8. The van der Waals surface area contributed by atoms with Crippen molar-refractivity contribution in [2.45, 2.75) is 31.7 Å². The van der Waals surface area contributed by atoms with E-state index in [1.54, 1.807) is 23.5 Å². The number of carbonyl (C=O) groups is 2. The molecule has 0 radical (unpaired) electrons. The summed E-state index contributed by atoms with van der Waals surface area (Å²) in [6.45, 7) is -0.0475. The lowest BCUT2D eigenvalue weighted by Gasteiger charge is -2.23. The van der Waals surface area contributed by atoms with Crippen LogP contribution < -0.4 is 10.6 Å². The van der Waals surface area contributed by atoms with Gasteiger partial charge in [0.15, 0.2) is 5.76 Å². The Balaban J connectivity index is 1.56. The minimum atomic E-state index is -0.376. The van der Waals surface area contributed by atoms with Crippen molar-refractivity contribution in [2.24, 2.45) is 5.92 Å². The number of hydrogen-bond acceptors (Lipinski definition) is 4. The molecule has 1 aliphatic rings. The van der Waals surface area contributed by atoms with E-state index in [0.29, 0.717) is 5.92 Å². The zero-order valence-electron chi connectivity index (χ0n) is 12.8. The summed E-state index contributed by atoms with van der Waals surface area (Å²) in [5.41, 5.74) is 0. The Morgan fingerprint density at radius 2 is 2.09 bits per heavy atom. The largest absolute Gasteiger partial charge is 0.459 e. The summed E-state index contributed by atoms with van der Waals surface area (Å²) < 4.78 is 5.01. The number of thiophene rings is 1. The summed E-state index contributed by atoms with van der Waals surface area (Å²) in [7, 11) is 0. The number of carbonyl (C=O) groups excluding carboxylic acids is 2. The number of rotatable bonds is 6. The van der Waals surface area contributed by atoms with E-state index in [4.69, 9.17) is 4.42 Å². The van der Waals surface area contributed by atoms with Crippen LogP contribution in [-0.4, -0.2) is 18.4 Å². The third-order valence-electron chi connectivity index (χ3n) is 4.19. The van der Waals surface area contributed by atoms with Gasteiger partial charge in [-0.25, -0.2) is 0 Å². The molecule has 1 aliphatic carbocycles. The Morgan fingerprint density at radius 3 is 2.74 bits per heavy atom. The molecule has 2 amide bonds. The normalized spacial score (nSPS) is 16.2. The number of furan rings is 1. The van der Waals surface area contributed by atoms with Crippen molar-refractivity contribution in [3.05, 3.63) is 46.5 Å². The van der Waals surface area contributed by atoms with Crippen molar-refractivity contribution in [3.63, 3.8) is 0 Å². The summed E-state index contributed by atoms with van der Waals surface area (Å²) in [4.78, 5) is 25.2. The van der Waals surface area contributed by atoms with E-state index in [0.717, 1.165) is 12.8 Å². The number of hydrogen-bond donors (Lipinski definition) is 2. The Morgan fingerprint density at radius 1 is 1.26 bits per heavy atom. The van der Waals surface area contributed by atoms with Gasteiger partial charge in [-0.05, 0) is 42.3 Å². The fraction of sp³-hybridized carbons (Fsp3) is 0.412. The van der Waals surface area contributed by atoms with E-state index >= 15 is 0 Å². The van der Waals surface area contributed by atoms with Crippen LogP contribution in [-0.2, 0) is 4.79 Å². The van der Waals surface area contributed by atoms with Crippen LogP contribution in [0.5, 0.6) is 0 Å². The van der Waals surface area contributed by atoms with Crippen LogP contribution in [0.1, 0.15) is 47.2 Å². The lowest BCUT2D eigenvalue weighted by Crippen LogP contribution is -2.40. The van der Waals surface area contributed by atoms with Gasteiger partial charge in [-0.1, -0.05) is 18.9 Å². The second-order valence-electron chi connectivity index (χ2n) is 5.77. The Bertz CT molecular complexity index is 631. The van der Waals surface area contributed by atoms with Gasteiger partial charge < -0.3 is 15.1 Å². The Hall–Kier alpha value is -2.08. The molecular formula is C17H20N2O3S. The van der Waals surface area contributed by atoms with Crippen LogP contribution in [0.15, 0.2) is 40.3 Å². The second-order valence-corrected chi connectivity index (χ2v) is 6.74. The summed E-state index contributed by atoms with van der Waals surface area (Å²) in [6.07, 6.45) is 6.15. The molecule has 1 fully saturated rings. The van der Waals surface area contributed by atoms with Crippen LogP contribution >= 0.6 is 11.3 Å². The lowest BCUT2D eigenvalue weighted by atomic mass is 9.96. The zero-order chi connectivity index (χ0) is 16.1. The quantitative estimate of drug-likeness (QED) is 0.854. The molecule has 122 valence electrons. The van der Waals surface area contributed by atoms with Crippen LogP contribution in [0, 0.1) is 5.92 Å². The topological polar surface area (TPSA) is 71.3 Å². The molecule has 2 N–H and O–H groups in total. The molecule has 1 unspecified atom stereocenters. The van der Waals surface area contributed by atoms with Gasteiger partial charge in [0.2, 0.25) is 5.91 Å². The minimum absolute atomic E-state index is 0.0468. The third kappa shape index (κ3) is 4.01. The summed E-state index contributed by atoms with van der Waals surface area (Å²) in [6, 6.07) is 7.33. The Kier molecular flexibility index (Phi) is 5.12. The molecule has 0 bridgehead atoms. The van der Waals surface area contributed by atoms with Crippen molar-refractivity contribution >= 4 is 23.2 Å². The standard InChI is InChI=1S/C17H20N2O3S/c20-15(11-18-17(21)13-7-3-9-22-13)19-16(12-5-1-2-6-12)14-8-4-10-23-14/h3-4,7-10,12,16H,1-2,5-6,11H2,(H,18,21)(H,19,20). The molecule has 23 heavy (non-hydrogen) atoms. The zero-order valence-corrected chi connectivity index (χ0v) is 13.6. The average molecular weight is 332 g/mol. The van der Waals surface area contributed by atoms with Gasteiger partial charge in [-0.3, -0.25) is 9.59 Å². The lowest BCUT2D eigenvalue weighted by molar-refractivity contribution is -0.121. The van der Waals surface area contributed by atoms with Gasteiger partial charge in [-0.2, -0.15) is 0 Å². The van der Waals surface area contributed by atoms with Crippen molar-refractivity contribution in [1.29, 1.82) is 0 Å². The van der Waals surface area contributed by atoms with Crippen LogP contribution in [0.4, 0.5) is 0 Å². The molecule has 0 saturated heterocycles. The molecule has 2 aromatic heterocycles. The van der Waals surface area contributed by atoms with Gasteiger partial charge in [0.05, 0.1) is 18.8 Å². The van der Waals surface area contributed by atoms with Crippen LogP contribution in [0.3, 0.4) is 0 Å². The molecule has 2 heterocycles.